The molecular weight excluding hydrogens is 390 g/mol. The average Bonchev–Trinajstić information content (AvgIpc) is 2.60. The smallest absolute Gasteiger partial charge is 0.229 e. The van der Waals surface area contributed by atoms with Crippen molar-refractivity contribution in [3.05, 3.63) is 65.2 Å². The molecule has 0 spiro atoms. The second-order valence-electron chi connectivity index (χ2n) is 7.12. The summed E-state index contributed by atoms with van der Waals surface area (Å²) < 4.78 is 25.6. The fourth-order valence-corrected chi connectivity index (χ4v) is 3.61. The molecule has 0 saturated heterocycles. The van der Waals surface area contributed by atoms with Gasteiger partial charge in [0.15, 0.2) is 0 Å². The minimum absolute atomic E-state index is 0.0641. The molecule has 0 fully saturated rings. The van der Waals surface area contributed by atoms with Gasteiger partial charge in [-0.25, -0.2) is 8.42 Å². The minimum atomic E-state index is -3.44. The summed E-state index contributed by atoms with van der Waals surface area (Å²) in [5.74, 6) is -0.481. The summed E-state index contributed by atoms with van der Waals surface area (Å²) in [6.07, 6.45) is 1.14. The molecular formula is C21H27N3O4S. The monoisotopic (exact) mass is 417 g/mol. The lowest BCUT2D eigenvalue weighted by Gasteiger charge is -2.22. The maximum Gasteiger partial charge on any atom is 0.229 e. The van der Waals surface area contributed by atoms with Crippen molar-refractivity contribution in [2.24, 2.45) is 0 Å². The highest BCUT2D eigenvalue weighted by molar-refractivity contribution is 7.92. The van der Waals surface area contributed by atoms with E-state index in [1.165, 1.54) is 6.92 Å². The van der Waals surface area contributed by atoms with Crippen molar-refractivity contribution in [1.82, 2.24) is 10.6 Å². The van der Waals surface area contributed by atoms with Crippen LogP contribution in [-0.2, 0) is 19.6 Å². The van der Waals surface area contributed by atoms with Crippen LogP contribution in [0, 0.1) is 6.92 Å². The van der Waals surface area contributed by atoms with E-state index in [2.05, 4.69) is 15.4 Å². The molecule has 2 aromatic carbocycles. The van der Waals surface area contributed by atoms with Crippen LogP contribution >= 0.6 is 0 Å². The second-order valence-corrected chi connectivity index (χ2v) is 8.87. The summed E-state index contributed by atoms with van der Waals surface area (Å²) in [6, 6.07) is 13.6. The number of hydrogen-bond donors (Lipinski definition) is 3. The van der Waals surface area contributed by atoms with Crippen LogP contribution in [0.4, 0.5) is 5.69 Å². The zero-order chi connectivity index (χ0) is 21.6. The van der Waals surface area contributed by atoms with Crippen LogP contribution in [-0.4, -0.2) is 26.5 Å². The molecule has 0 radical (unpaired) electrons. The van der Waals surface area contributed by atoms with E-state index in [-0.39, 0.29) is 18.2 Å². The van der Waals surface area contributed by atoms with Crippen LogP contribution < -0.4 is 15.4 Å². The Morgan fingerprint density at radius 2 is 1.62 bits per heavy atom. The van der Waals surface area contributed by atoms with Crippen LogP contribution in [0.3, 0.4) is 0 Å². The predicted octanol–water partition coefficient (Wildman–Crippen LogP) is 2.81. The van der Waals surface area contributed by atoms with E-state index in [1.54, 1.807) is 31.2 Å². The van der Waals surface area contributed by atoms with Crippen molar-refractivity contribution < 1.29 is 18.0 Å². The van der Waals surface area contributed by atoms with E-state index < -0.39 is 22.1 Å². The third-order valence-electron chi connectivity index (χ3n) is 4.35. The first-order valence-electron chi connectivity index (χ1n) is 9.25. The molecule has 0 aliphatic rings. The van der Waals surface area contributed by atoms with Gasteiger partial charge in [0, 0.05) is 6.92 Å². The minimum Gasteiger partial charge on any atom is -0.349 e. The number of carbonyl (C=O) groups excluding carboxylic acids is 2. The molecule has 2 unspecified atom stereocenters. The number of rotatable bonds is 8. The van der Waals surface area contributed by atoms with E-state index in [9.17, 15) is 18.0 Å². The van der Waals surface area contributed by atoms with Crippen molar-refractivity contribution >= 4 is 27.5 Å². The number of carbonyl (C=O) groups is 2. The molecule has 8 heteroatoms. The van der Waals surface area contributed by atoms with Gasteiger partial charge in [-0.05, 0) is 31.0 Å². The molecule has 0 aliphatic carbocycles. The lowest BCUT2D eigenvalue weighted by molar-refractivity contribution is -0.123. The van der Waals surface area contributed by atoms with Crippen LogP contribution in [0.2, 0.25) is 0 Å². The molecule has 29 heavy (non-hydrogen) atoms. The highest BCUT2D eigenvalue weighted by atomic mass is 32.2. The molecule has 0 saturated carbocycles. The van der Waals surface area contributed by atoms with Gasteiger partial charge in [0.25, 0.3) is 0 Å². The van der Waals surface area contributed by atoms with E-state index in [1.807, 2.05) is 31.2 Å². The number of nitrogens with one attached hydrogen (secondary N) is 3. The standard InChI is InChI=1S/C21H27N3O4S/c1-14-9-11-17(12-10-14)20(23-16(3)25)13-21(26)22-15(2)18-7-5-6-8-19(18)24-29(4,27)28/h5-12,15,20,24H,13H2,1-4H3,(H,22,26)(H,23,25). The molecule has 7 nitrogen and oxygen atoms in total. The van der Waals surface area contributed by atoms with Gasteiger partial charge in [0.05, 0.1) is 30.4 Å². The van der Waals surface area contributed by atoms with Crippen LogP contribution in [0.1, 0.15) is 49.0 Å². The Labute approximate surface area is 172 Å². The summed E-state index contributed by atoms with van der Waals surface area (Å²) >= 11 is 0. The number of anilines is 1. The van der Waals surface area contributed by atoms with Gasteiger partial charge in [0.2, 0.25) is 21.8 Å². The Balaban J connectivity index is 2.14. The van der Waals surface area contributed by atoms with E-state index in [0.717, 1.165) is 17.4 Å². The molecule has 2 atom stereocenters. The normalized spacial score (nSPS) is 13.2. The van der Waals surface area contributed by atoms with E-state index >= 15 is 0 Å². The maximum absolute atomic E-state index is 12.7. The number of benzene rings is 2. The van der Waals surface area contributed by atoms with Gasteiger partial charge < -0.3 is 10.6 Å². The van der Waals surface area contributed by atoms with Crippen molar-refractivity contribution in [3.63, 3.8) is 0 Å². The van der Waals surface area contributed by atoms with Crippen molar-refractivity contribution in [2.45, 2.75) is 39.3 Å². The molecule has 0 heterocycles. The molecule has 0 aliphatic heterocycles. The molecule has 2 rings (SSSR count). The van der Waals surface area contributed by atoms with Gasteiger partial charge in [-0.1, -0.05) is 48.0 Å². The lowest BCUT2D eigenvalue weighted by atomic mass is 10.0. The van der Waals surface area contributed by atoms with E-state index in [0.29, 0.717) is 11.3 Å². The third kappa shape index (κ3) is 7.23. The van der Waals surface area contributed by atoms with Crippen LogP contribution in [0.5, 0.6) is 0 Å². The average molecular weight is 418 g/mol. The predicted molar refractivity (Wildman–Crippen MR) is 114 cm³/mol. The Bertz CT molecular complexity index is 972. The largest absolute Gasteiger partial charge is 0.349 e. The molecule has 156 valence electrons. The van der Waals surface area contributed by atoms with Crippen molar-refractivity contribution in [1.29, 1.82) is 0 Å². The molecule has 3 N–H and O–H groups in total. The lowest BCUT2D eigenvalue weighted by Crippen LogP contribution is -2.34. The fourth-order valence-electron chi connectivity index (χ4n) is 3.03. The second kappa shape index (κ2) is 9.56. The first-order chi connectivity index (χ1) is 13.5. The summed E-state index contributed by atoms with van der Waals surface area (Å²) in [5, 5.41) is 5.69. The topological polar surface area (TPSA) is 104 Å². The molecule has 0 bridgehead atoms. The number of hydrogen-bond acceptors (Lipinski definition) is 4. The van der Waals surface area contributed by atoms with Gasteiger partial charge in [0.1, 0.15) is 0 Å². The molecule has 2 aromatic rings. The number of sulfonamides is 1. The highest BCUT2D eigenvalue weighted by Crippen LogP contribution is 2.24. The summed E-state index contributed by atoms with van der Waals surface area (Å²) in [7, 11) is -3.44. The van der Waals surface area contributed by atoms with Crippen LogP contribution in [0.15, 0.2) is 48.5 Å². The Kier molecular flexibility index (Phi) is 7.39. The van der Waals surface area contributed by atoms with Gasteiger partial charge in [-0.15, -0.1) is 0 Å². The summed E-state index contributed by atoms with van der Waals surface area (Å²) in [6.45, 7) is 5.16. The quantitative estimate of drug-likeness (QED) is 0.614. The Morgan fingerprint density at radius 1 is 1.00 bits per heavy atom. The van der Waals surface area contributed by atoms with Crippen molar-refractivity contribution in [3.8, 4) is 0 Å². The van der Waals surface area contributed by atoms with Gasteiger partial charge in [-0.3, -0.25) is 14.3 Å². The van der Waals surface area contributed by atoms with E-state index in [4.69, 9.17) is 0 Å². The first-order valence-corrected chi connectivity index (χ1v) is 11.1. The number of amides is 2. The van der Waals surface area contributed by atoms with Gasteiger partial charge in [-0.2, -0.15) is 0 Å². The summed E-state index contributed by atoms with van der Waals surface area (Å²) in [5.41, 5.74) is 2.99. The SMILES string of the molecule is CC(=O)NC(CC(=O)NC(C)c1ccccc1NS(C)(=O)=O)c1ccc(C)cc1. The zero-order valence-electron chi connectivity index (χ0n) is 17.0. The number of para-hydroxylation sites is 1. The molecule has 2 amide bonds. The Morgan fingerprint density at radius 3 is 2.21 bits per heavy atom. The highest BCUT2D eigenvalue weighted by Gasteiger charge is 2.20. The third-order valence-corrected chi connectivity index (χ3v) is 4.94. The molecule has 0 aromatic heterocycles. The summed E-state index contributed by atoms with van der Waals surface area (Å²) in [4.78, 5) is 24.2. The first kappa shape index (κ1) is 22.4. The number of aryl methyl sites for hydroxylation is 1. The zero-order valence-corrected chi connectivity index (χ0v) is 17.8. The van der Waals surface area contributed by atoms with Crippen LogP contribution in [0.25, 0.3) is 0 Å². The fraction of sp³-hybridized carbons (Fsp3) is 0.333. The van der Waals surface area contributed by atoms with Crippen molar-refractivity contribution in [2.75, 3.05) is 11.0 Å². The van der Waals surface area contributed by atoms with Gasteiger partial charge >= 0.3 is 0 Å². The Hall–Kier alpha value is -2.87. The maximum atomic E-state index is 12.7.